The van der Waals surface area contributed by atoms with Crippen molar-refractivity contribution in [2.24, 2.45) is 5.92 Å². The molecule has 24 heavy (non-hydrogen) atoms. The molecule has 6 nitrogen and oxygen atoms in total. The molecule has 0 radical (unpaired) electrons. The molecule has 0 amide bonds. The van der Waals surface area contributed by atoms with Gasteiger partial charge in [0, 0.05) is 31.1 Å². The molecule has 0 spiro atoms. The molecule has 1 aromatic rings. The van der Waals surface area contributed by atoms with Crippen LogP contribution in [0.25, 0.3) is 0 Å². The van der Waals surface area contributed by atoms with E-state index in [0.29, 0.717) is 0 Å². The lowest BCUT2D eigenvalue weighted by atomic mass is 9.86. The van der Waals surface area contributed by atoms with Crippen molar-refractivity contribution in [2.45, 2.75) is 36.2 Å². The van der Waals surface area contributed by atoms with E-state index in [1.807, 2.05) is 24.3 Å². The molecule has 2 aliphatic rings. The van der Waals surface area contributed by atoms with E-state index in [9.17, 15) is 20.4 Å². The monoisotopic (exact) mass is 357 g/mol. The summed E-state index contributed by atoms with van der Waals surface area (Å²) in [5.41, 5.74) is 1.85. The fourth-order valence-corrected chi connectivity index (χ4v) is 3.68. The van der Waals surface area contributed by atoms with E-state index < -0.39 is 29.5 Å². The van der Waals surface area contributed by atoms with E-state index >= 15 is 0 Å². The molecular formula is C17H24ClNO5. The van der Waals surface area contributed by atoms with E-state index in [1.54, 1.807) is 0 Å². The van der Waals surface area contributed by atoms with Crippen LogP contribution in [-0.2, 0) is 11.2 Å². The SMILES string of the molecule is OC[C@@H]1CO[C@](O)(Cc2ccc(N3CCCC3)cc2)[C@](O)(Cl)[C@H]1O. The van der Waals surface area contributed by atoms with Crippen molar-refractivity contribution in [1.82, 2.24) is 0 Å². The summed E-state index contributed by atoms with van der Waals surface area (Å²) in [6.07, 6.45) is 0.825. The topological polar surface area (TPSA) is 93.4 Å². The predicted molar refractivity (Wildman–Crippen MR) is 89.9 cm³/mol. The number of hydrogen-bond donors (Lipinski definition) is 4. The average molecular weight is 358 g/mol. The Labute approximate surface area is 146 Å². The van der Waals surface area contributed by atoms with Gasteiger partial charge in [-0.3, -0.25) is 0 Å². The third-order valence-electron chi connectivity index (χ3n) is 5.01. The summed E-state index contributed by atoms with van der Waals surface area (Å²) in [6, 6.07) is 7.64. The second-order valence-corrected chi connectivity index (χ2v) is 7.27. The fraction of sp³-hybridized carbons (Fsp3) is 0.647. The Bertz CT molecular complexity index is 561. The lowest BCUT2D eigenvalue weighted by Gasteiger charge is -2.48. The Hall–Kier alpha value is -0.890. The second kappa shape index (κ2) is 6.78. The molecule has 2 saturated heterocycles. The summed E-state index contributed by atoms with van der Waals surface area (Å²) in [4.78, 5) is 2.29. The van der Waals surface area contributed by atoms with E-state index in [-0.39, 0.29) is 13.0 Å². The molecule has 4 N–H and O–H groups in total. The highest BCUT2D eigenvalue weighted by atomic mass is 35.5. The molecule has 0 bridgehead atoms. The van der Waals surface area contributed by atoms with Crippen LogP contribution >= 0.6 is 11.6 Å². The summed E-state index contributed by atoms with van der Waals surface area (Å²) < 4.78 is 5.33. The van der Waals surface area contributed by atoms with E-state index in [0.717, 1.165) is 24.3 Å². The zero-order valence-electron chi connectivity index (χ0n) is 13.4. The number of benzene rings is 1. The summed E-state index contributed by atoms with van der Waals surface area (Å²) in [6.45, 7) is 1.61. The molecule has 4 atom stereocenters. The number of aliphatic hydroxyl groups excluding tert-OH is 2. The van der Waals surface area contributed by atoms with Gasteiger partial charge in [-0.05, 0) is 30.5 Å². The first-order valence-electron chi connectivity index (χ1n) is 8.28. The third-order valence-corrected chi connectivity index (χ3v) is 5.53. The molecule has 3 rings (SSSR count). The molecule has 2 aliphatic heterocycles. The normalized spacial score (nSPS) is 37.0. The number of anilines is 1. The van der Waals surface area contributed by atoms with E-state index in [1.165, 1.54) is 12.8 Å². The maximum absolute atomic E-state index is 10.7. The lowest BCUT2D eigenvalue weighted by Crippen LogP contribution is -2.67. The highest BCUT2D eigenvalue weighted by Crippen LogP contribution is 2.41. The Morgan fingerprint density at radius 1 is 1.17 bits per heavy atom. The number of aliphatic hydroxyl groups is 4. The minimum Gasteiger partial charge on any atom is -0.396 e. The quantitative estimate of drug-likeness (QED) is 0.584. The molecule has 2 fully saturated rings. The van der Waals surface area contributed by atoms with Crippen molar-refractivity contribution < 1.29 is 25.2 Å². The lowest BCUT2D eigenvalue weighted by molar-refractivity contribution is -0.332. The first-order chi connectivity index (χ1) is 11.4. The average Bonchev–Trinajstić information content (AvgIpc) is 3.09. The standard InChI is InChI=1S/C17H24ClNO5/c18-17(23)15(21)13(10-20)11-24-16(17,22)9-12-3-5-14(6-4-12)19-7-1-2-8-19/h3-6,13,15,20-23H,1-2,7-11H2/t13-,15+,16-,17+/m1/s1. The van der Waals surface area contributed by atoms with Crippen LogP contribution in [0.1, 0.15) is 18.4 Å². The van der Waals surface area contributed by atoms with Crippen LogP contribution in [0.15, 0.2) is 24.3 Å². The number of rotatable bonds is 4. The summed E-state index contributed by atoms with van der Waals surface area (Å²) in [5, 5.41) is 37.9. The first-order valence-corrected chi connectivity index (χ1v) is 8.65. The predicted octanol–water partition coefficient (Wildman–Crippen LogP) is 0.445. The Morgan fingerprint density at radius 2 is 1.79 bits per heavy atom. The minimum atomic E-state index is -2.40. The van der Waals surface area contributed by atoms with Gasteiger partial charge < -0.3 is 30.1 Å². The van der Waals surface area contributed by atoms with Crippen molar-refractivity contribution in [2.75, 3.05) is 31.2 Å². The molecule has 0 aromatic heterocycles. The number of hydrogen-bond acceptors (Lipinski definition) is 6. The van der Waals surface area contributed by atoms with Crippen molar-refractivity contribution in [3.05, 3.63) is 29.8 Å². The highest BCUT2D eigenvalue weighted by molar-refractivity contribution is 6.24. The largest absolute Gasteiger partial charge is 0.396 e. The molecule has 1 aromatic carbocycles. The van der Waals surface area contributed by atoms with Gasteiger partial charge >= 0.3 is 0 Å². The zero-order chi connectivity index (χ0) is 17.4. The molecular weight excluding hydrogens is 334 g/mol. The van der Waals surface area contributed by atoms with Crippen LogP contribution in [0.3, 0.4) is 0 Å². The number of halogens is 1. The highest BCUT2D eigenvalue weighted by Gasteiger charge is 2.59. The first kappa shape index (κ1) is 17.9. The Balaban J connectivity index is 1.74. The maximum atomic E-state index is 10.7. The number of alkyl halides is 1. The van der Waals surface area contributed by atoms with Gasteiger partial charge in [-0.1, -0.05) is 23.7 Å². The van der Waals surface area contributed by atoms with Crippen molar-refractivity contribution >= 4 is 17.3 Å². The van der Waals surface area contributed by atoms with Gasteiger partial charge in [0.1, 0.15) is 6.10 Å². The molecule has 134 valence electrons. The zero-order valence-corrected chi connectivity index (χ0v) is 14.2. The Kier molecular flexibility index (Phi) is 5.06. The minimum absolute atomic E-state index is 0.0670. The molecule has 2 heterocycles. The third kappa shape index (κ3) is 3.14. The van der Waals surface area contributed by atoms with Crippen LogP contribution in [0.5, 0.6) is 0 Å². The van der Waals surface area contributed by atoms with E-state index in [2.05, 4.69) is 4.90 Å². The van der Waals surface area contributed by atoms with Crippen molar-refractivity contribution in [3.63, 3.8) is 0 Å². The van der Waals surface area contributed by atoms with Gasteiger partial charge in [-0.2, -0.15) is 0 Å². The Morgan fingerprint density at radius 3 is 2.38 bits per heavy atom. The number of nitrogens with zero attached hydrogens (tertiary/aromatic N) is 1. The van der Waals surface area contributed by atoms with Gasteiger partial charge in [0.05, 0.1) is 13.2 Å². The van der Waals surface area contributed by atoms with Gasteiger partial charge in [0.15, 0.2) is 0 Å². The van der Waals surface area contributed by atoms with Crippen LogP contribution in [0.2, 0.25) is 0 Å². The molecule has 0 aliphatic carbocycles. The van der Waals surface area contributed by atoms with Crippen LogP contribution in [-0.4, -0.2) is 63.7 Å². The van der Waals surface area contributed by atoms with Crippen molar-refractivity contribution in [1.29, 1.82) is 0 Å². The van der Waals surface area contributed by atoms with Gasteiger partial charge in [0.25, 0.3) is 0 Å². The van der Waals surface area contributed by atoms with Gasteiger partial charge in [0.2, 0.25) is 10.8 Å². The second-order valence-electron chi connectivity index (χ2n) is 6.69. The smallest absolute Gasteiger partial charge is 0.219 e. The summed E-state index contributed by atoms with van der Waals surface area (Å²) in [7, 11) is 0. The van der Waals surface area contributed by atoms with Crippen LogP contribution in [0, 0.1) is 5.92 Å². The number of ether oxygens (including phenoxy) is 1. The van der Waals surface area contributed by atoms with Crippen LogP contribution < -0.4 is 4.90 Å². The summed E-state index contributed by atoms with van der Waals surface area (Å²) in [5.74, 6) is -2.88. The van der Waals surface area contributed by atoms with Crippen molar-refractivity contribution in [3.8, 4) is 0 Å². The van der Waals surface area contributed by atoms with Gasteiger partial charge in [-0.25, -0.2) is 0 Å². The van der Waals surface area contributed by atoms with Gasteiger partial charge in [-0.15, -0.1) is 0 Å². The summed E-state index contributed by atoms with van der Waals surface area (Å²) >= 11 is 6.00. The molecule has 0 unspecified atom stereocenters. The fourth-order valence-electron chi connectivity index (χ4n) is 3.38. The van der Waals surface area contributed by atoms with E-state index in [4.69, 9.17) is 16.3 Å². The van der Waals surface area contributed by atoms with Crippen LogP contribution in [0.4, 0.5) is 5.69 Å². The maximum Gasteiger partial charge on any atom is 0.219 e. The molecule has 7 heteroatoms. The molecule has 0 saturated carbocycles.